The Kier molecular flexibility index (Phi) is 156. The summed E-state index contributed by atoms with van der Waals surface area (Å²) in [6.45, 7) is 4.33. The molecule has 0 aromatic rings. The summed E-state index contributed by atoms with van der Waals surface area (Å²) in [7, 11) is 0. The third kappa shape index (κ3) is 808. The molecule has 0 amide bonds. The quantitative estimate of drug-likeness (QED) is 0.289. The molecule has 136 valence electrons. The predicted molar refractivity (Wildman–Crippen MR) is 74.1 cm³/mol. The van der Waals surface area contributed by atoms with E-state index in [0.717, 1.165) is 27.7 Å². The molecule has 0 saturated carbocycles. The number of hydrogen-bond acceptors (Lipinski definition) is 6. The monoisotopic (exact) mass is 328 g/mol. The Morgan fingerprint density at radius 1 is 0.476 bits per heavy atom. The summed E-state index contributed by atoms with van der Waals surface area (Å²) >= 11 is 0. The molecule has 0 rings (SSSR count). The van der Waals surface area contributed by atoms with Crippen molar-refractivity contribution < 1.29 is 56.0 Å². The van der Waals surface area contributed by atoms with Crippen LogP contribution in [0.3, 0.4) is 0 Å². The molecule has 21 heavy (non-hydrogen) atoms. The molecule has 0 unspecified atom stereocenters. The van der Waals surface area contributed by atoms with E-state index in [-0.39, 0.29) is 28.7 Å². The molecule has 13 heteroatoms. The van der Waals surface area contributed by atoms with E-state index in [1.807, 2.05) is 0 Å². The summed E-state index contributed by atoms with van der Waals surface area (Å²) in [6.07, 6.45) is 0. The van der Waals surface area contributed by atoms with Crippen molar-refractivity contribution in [1.29, 1.82) is 0 Å². The number of carboxylic acid groups (broad SMARTS) is 4. The fourth-order valence-electron chi connectivity index (χ4n) is 0. The summed E-state index contributed by atoms with van der Waals surface area (Å²) < 4.78 is 0. The Balaban J connectivity index is -0.0000000121. The van der Waals surface area contributed by atoms with Crippen LogP contribution in [0.2, 0.25) is 0 Å². The van der Waals surface area contributed by atoms with Crippen LogP contribution in [0.1, 0.15) is 27.7 Å². The van der Waals surface area contributed by atoms with Gasteiger partial charge in [0.2, 0.25) is 0 Å². The number of hydrogen-bond donors (Lipinski definition) is 6. The van der Waals surface area contributed by atoms with Gasteiger partial charge in [0, 0.05) is 27.7 Å². The minimum absolute atomic E-state index is 0. The van der Waals surface area contributed by atoms with Crippen LogP contribution in [0.4, 0.5) is 0 Å². The van der Waals surface area contributed by atoms with Crippen molar-refractivity contribution in [2.75, 3.05) is 0 Å². The van der Waals surface area contributed by atoms with Crippen molar-refractivity contribution >= 4 is 23.9 Å². The molecule has 0 atom stereocenters. The average molecular weight is 328 g/mol. The lowest BCUT2D eigenvalue weighted by Crippen LogP contribution is -1.78. The maximum atomic E-state index is 9.00. The molecule has 0 fully saturated rings. The van der Waals surface area contributed by atoms with Gasteiger partial charge >= 0.3 is 0 Å². The van der Waals surface area contributed by atoms with Crippen LogP contribution in [0, 0.1) is 0 Å². The lowest BCUT2D eigenvalue weighted by Gasteiger charge is -1.59. The van der Waals surface area contributed by atoms with Gasteiger partial charge in [-0.1, -0.05) is 0 Å². The van der Waals surface area contributed by atoms with Crippen LogP contribution in [-0.4, -0.2) is 60.7 Å². The predicted octanol–water partition coefficient (Wildman–Crippen LogP) is -1.79. The van der Waals surface area contributed by atoms with E-state index in [4.69, 9.17) is 39.6 Å². The third-order valence-electron chi connectivity index (χ3n) is 0. The zero-order valence-corrected chi connectivity index (χ0v) is 12.3. The second kappa shape index (κ2) is 52.5. The van der Waals surface area contributed by atoms with E-state index in [0.29, 0.717) is 0 Å². The van der Waals surface area contributed by atoms with Gasteiger partial charge in [-0.15, -0.1) is 0 Å². The summed E-state index contributed by atoms with van der Waals surface area (Å²) in [4.78, 5) is 36.0. The number of carboxylic acids is 4. The van der Waals surface area contributed by atoms with Gasteiger partial charge in [0.25, 0.3) is 23.9 Å². The number of carbonyl (C=O) groups is 4. The molecule has 13 nitrogen and oxygen atoms in total. The van der Waals surface area contributed by atoms with Crippen molar-refractivity contribution in [3.05, 3.63) is 0 Å². The van der Waals surface area contributed by atoms with Gasteiger partial charge in [-0.2, -0.15) is 0 Å². The van der Waals surface area contributed by atoms with Crippen LogP contribution < -0.4 is 12.3 Å². The fourth-order valence-corrected chi connectivity index (χ4v) is 0. The maximum Gasteiger partial charge on any atom is 0.300 e. The Morgan fingerprint density at radius 3 is 0.476 bits per heavy atom. The topological polar surface area (TPSA) is 314 Å². The summed E-state index contributed by atoms with van der Waals surface area (Å²) in [5, 5.41) is 29.7. The van der Waals surface area contributed by atoms with Crippen molar-refractivity contribution in [3.8, 4) is 0 Å². The van der Waals surface area contributed by atoms with Gasteiger partial charge in [-0.3, -0.25) is 19.2 Å². The first kappa shape index (κ1) is 62.3. The number of aliphatic carboxylic acids is 4. The SMILES string of the molecule is CC(=O)O.CC(=O)O.CC(=O)O.CC(=O)O.N.N.O.O.O. The van der Waals surface area contributed by atoms with Gasteiger partial charge in [0.15, 0.2) is 0 Å². The smallest absolute Gasteiger partial charge is 0.300 e. The lowest BCUT2D eigenvalue weighted by atomic mass is 10.9. The molecule has 0 spiro atoms. The molecule has 16 N–H and O–H groups in total. The van der Waals surface area contributed by atoms with Gasteiger partial charge in [0.05, 0.1) is 0 Å². The van der Waals surface area contributed by atoms with Crippen molar-refractivity contribution in [2.24, 2.45) is 0 Å². The zero-order chi connectivity index (χ0) is 14.3. The van der Waals surface area contributed by atoms with E-state index in [9.17, 15) is 0 Å². The zero-order valence-electron chi connectivity index (χ0n) is 12.3. The minimum atomic E-state index is -0.833. The standard InChI is InChI=1S/4C2H4O2.2H3N.3H2O/c4*1-2(3)4;;;;;/h4*1H3,(H,3,4);2*1H3;3*1H2. The first-order valence-electron chi connectivity index (χ1n) is 3.71. The van der Waals surface area contributed by atoms with E-state index in [2.05, 4.69) is 0 Å². The van der Waals surface area contributed by atoms with E-state index in [1.54, 1.807) is 0 Å². The van der Waals surface area contributed by atoms with E-state index >= 15 is 0 Å². The molecule has 0 heterocycles. The summed E-state index contributed by atoms with van der Waals surface area (Å²) in [5.41, 5.74) is 0. The third-order valence-corrected chi connectivity index (χ3v) is 0. The number of rotatable bonds is 0. The molecular formula is C8H28N2O11. The molecule has 0 aromatic carbocycles. The van der Waals surface area contributed by atoms with Crippen LogP contribution in [0.25, 0.3) is 0 Å². The Labute approximate surface area is 121 Å². The van der Waals surface area contributed by atoms with Crippen LogP contribution in [0.5, 0.6) is 0 Å². The fraction of sp³-hybridized carbons (Fsp3) is 0.500. The molecule has 0 bridgehead atoms. The Hall–Kier alpha value is -2.32. The van der Waals surface area contributed by atoms with Gasteiger partial charge in [-0.25, -0.2) is 0 Å². The summed E-state index contributed by atoms with van der Waals surface area (Å²) in [6, 6.07) is 0. The Morgan fingerprint density at radius 2 is 0.476 bits per heavy atom. The van der Waals surface area contributed by atoms with E-state index < -0.39 is 23.9 Å². The lowest BCUT2D eigenvalue weighted by molar-refractivity contribution is -0.135. The first-order valence-corrected chi connectivity index (χ1v) is 3.71. The van der Waals surface area contributed by atoms with Crippen LogP contribution >= 0.6 is 0 Å². The normalized spacial score (nSPS) is 4.76. The van der Waals surface area contributed by atoms with Crippen LogP contribution in [0.15, 0.2) is 0 Å². The highest BCUT2D eigenvalue weighted by atomic mass is 16.4. The highest BCUT2D eigenvalue weighted by Crippen LogP contribution is 1.43. The molecule has 0 aromatic heterocycles. The molecule has 0 saturated heterocycles. The first-order chi connectivity index (χ1) is 6.93. The summed E-state index contributed by atoms with van der Waals surface area (Å²) in [5.74, 6) is -3.33. The van der Waals surface area contributed by atoms with Crippen molar-refractivity contribution in [3.63, 3.8) is 0 Å². The largest absolute Gasteiger partial charge is 0.481 e. The molecule has 0 aliphatic rings. The van der Waals surface area contributed by atoms with Gasteiger partial charge < -0.3 is 49.2 Å². The van der Waals surface area contributed by atoms with Crippen molar-refractivity contribution in [1.82, 2.24) is 12.3 Å². The molecule has 0 aliphatic heterocycles. The van der Waals surface area contributed by atoms with Crippen LogP contribution in [-0.2, 0) is 19.2 Å². The van der Waals surface area contributed by atoms with Gasteiger partial charge in [0.1, 0.15) is 0 Å². The molecule has 0 radical (unpaired) electrons. The minimum Gasteiger partial charge on any atom is -0.481 e. The molecular weight excluding hydrogens is 300 g/mol. The highest BCUT2D eigenvalue weighted by molar-refractivity contribution is 5.63. The van der Waals surface area contributed by atoms with Crippen molar-refractivity contribution in [2.45, 2.75) is 27.7 Å². The average Bonchev–Trinajstić information content (AvgIpc) is 1.76. The second-order valence-electron chi connectivity index (χ2n) is 2.08. The Bertz CT molecular complexity index is 168. The maximum absolute atomic E-state index is 9.00. The highest BCUT2D eigenvalue weighted by Gasteiger charge is 1.66. The van der Waals surface area contributed by atoms with Gasteiger partial charge in [-0.05, 0) is 0 Å². The second-order valence-corrected chi connectivity index (χ2v) is 2.08. The van der Waals surface area contributed by atoms with E-state index in [1.165, 1.54) is 0 Å². The molecule has 0 aliphatic carbocycles.